The van der Waals surface area contributed by atoms with Crippen molar-refractivity contribution in [3.05, 3.63) is 107 Å². The lowest BCUT2D eigenvalue weighted by Gasteiger charge is -2.28. The van der Waals surface area contributed by atoms with Gasteiger partial charge < -0.3 is 16.4 Å². The van der Waals surface area contributed by atoms with Gasteiger partial charge in [0.1, 0.15) is 0 Å². The molecule has 0 aliphatic rings. The standard InChI is InChI=1S/C24H26ClN3/c1-16-12-13-21(22(14-16)27-3)23(26)17(2)24(18-8-5-4-6-9-18)28-20-11-7-10-19(25)15-20/h4-15,23-24,27-28H,2,26H2,1,3H3. The van der Waals surface area contributed by atoms with Crippen LogP contribution in [0.3, 0.4) is 0 Å². The maximum absolute atomic E-state index is 6.68. The summed E-state index contributed by atoms with van der Waals surface area (Å²) >= 11 is 6.17. The molecule has 0 saturated carbocycles. The number of rotatable bonds is 7. The van der Waals surface area contributed by atoms with E-state index >= 15 is 0 Å². The molecule has 3 nitrogen and oxygen atoms in total. The van der Waals surface area contributed by atoms with E-state index < -0.39 is 0 Å². The van der Waals surface area contributed by atoms with Gasteiger partial charge in [0.15, 0.2) is 0 Å². The first-order valence-electron chi connectivity index (χ1n) is 9.29. The van der Waals surface area contributed by atoms with Crippen LogP contribution in [0.4, 0.5) is 11.4 Å². The lowest BCUT2D eigenvalue weighted by Crippen LogP contribution is -2.23. The first-order chi connectivity index (χ1) is 13.5. The van der Waals surface area contributed by atoms with E-state index in [1.807, 2.05) is 49.5 Å². The zero-order valence-corrected chi connectivity index (χ0v) is 17.0. The van der Waals surface area contributed by atoms with Crippen molar-refractivity contribution in [2.75, 3.05) is 17.7 Å². The summed E-state index contributed by atoms with van der Waals surface area (Å²) in [7, 11) is 1.91. The van der Waals surface area contributed by atoms with Crippen LogP contribution in [-0.2, 0) is 0 Å². The highest BCUT2D eigenvalue weighted by Gasteiger charge is 2.23. The summed E-state index contributed by atoms with van der Waals surface area (Å²) in [5.41, 5.74) is 12.8. The Hall–Kier alpha value is -2.75. The number of aryl methyl sites for hydroxylation is 1. The van der Waals surface area contributed by atoms with E-state index in [9.17, 15) is 0 Å². The highest BCUT2D eigenvalue weighted by Crippen LogP contribution is 2.35. The molecule has 3 rings (SSSR count). The second-order valence-electron chi connectivity index (χ2n) is 6.89. The Morgan fingerprint density at radius 3 is 2.43 bits per heavy atom. The first kappa shape index (κ1) is 20.0. The van der Waals surface area contributed by atoms with Crippen LogP contribution in [0, 0.1) is 6.92 Å². The molecule has 3 aromatic carbocycles. The highest BCUT2D eigenvalue weighted by molar-refractivity contribution is 6.30. The SMILES string of the molecule is C=C(C(N)c1ccc(C)cc1NC)C(Nc1cccc(Cl)c1)c1ccccc1. The Morgan fingerprint density at radius 2 is 1.75 bits per heavy atom. The number of benzene rings is 3. The van der Waals surface area contributed by atoms with Crippen molar-refractivity contribution in [3.8, 4) is 0 Å². The molecule has 4 N–H and O–H groups in total. The van der Waals surface area contributed by atoms with E-state index in [1.54, 1.807) is 0 Å². The smallest absolute Gasteiger partial charge is 0.0742 e. The van der Waals surface area contributed by atoms with Crippen LogP contribution in [0.5, 0.6) is 0 Å². The Labute approximate surface area is 172 Å². The van der Waals surface area contributed by atoms with Crippen molar-refractivity contribution in [1.29, 1.82) is 0 Å². The van der Waals surface area contributed by atoms with Gasteiger partial charge >= 0.3 is 0 Å². The van der Waals surface area contributed by atoms with Crippen LogP contribution in [0.15, 0.2) is 84.9 Å². The molecule has 28 heavy (non-hydrogen) atoms. The molecular weight excluding hydrogens is 366 g/mol. The molecule has 0 spiro atoms. The Balaban J connectivity index is 1.96. The normalized spacial score (nSPS) is 12.9. The molecule has 0 radical (unpaired) electrons. The molecule has 2 atom stereocenters. The number of anilines is 2. The average molecular weight is 392 g/mol. The lowest BCUT2D eigenvalue weighted by atomic mass is 9.89. The summed E-state index contributed by atoms with van der Waals surface area (Å²) in [4.78, 5) is 0. The Bertz CT molecular complexity index is 953. The van der Waals surface area contributed by atoms with E-state index in [2.05, 4.69) is 54.5 Å². The fourth-order valence-corrected chi connectivity index (χ4v) is 3.51. The molecule has 0 aliphatic carbocycles. The van der Waals surface area contributed by atoms with Crippen LogP contribution in [0.2, 0.25) is 5.02 Å². The zero-order valence-electron chi connectivity index (χ0n) is 16.2. The fraction of sp³-hybridized carbons (Fsp3) is 0.167. The van der Waals surface area contributed by atoms with Gasteiger partial charge in [-0.2, -0.15) is 0 Å². The van der Waals surface area contributed by atoms with Crippen molar-refractivity contribution in [3.63, 3.8) is 0 Å². The number of nitrogens with two attached hydrogens (primary N) is 1. The summed E-state index contributed by atoms with van der Waals surface area (Å²) in [6.45, 7) is 6.44. The van der Waals surface area contributed by atoms with Crippen LogP contribution >= 0.6 is 11.6 Å². The molecule has 2 unspecified atom stereocenters. The number of hydrogen-bond acceptors (Lipinski definition) is 3. The summed E-state index contributed by atoms with van der Waals surface area (Å²) < 4.78 is 0. The monoisotopic (exact) mass is 391 g/mol. The summed E-state index contributed by atoms with van der Waals surface area (Å²) in [6, 6.07) is 23.6. The third-order valence-corrected chi connectivity index (χ3v) is 5.09. The average Bonchev–Trinajstić information content (AvgIpc) is 2.71. The number of halogens is 1. The van der Waals surface area contributed by atoms with Crippen LogP contribution in [-0.4, -0.2) is 7.05 Å². The third kappa shape index (κ3) is 4.56. The summed E-state index contributed by atoms with van der Waals surface area (Å²) in [6.07, 6.45) is 0. The molecule has 4 heteroatoms. The van der Waals surface area contributed by atoms with Gasteiger partial charge in [0.05, 0.1) is 12.1 Å². The minimum absolute atomic E-state index is 0.152. The van der Waals surface area contributed by atoms with Crippen molar-refractivity contribution in [1.82, 2.24) is 0 Å². The molecule has 0 fully saturated rings. The van der Waals surface area contributed by atoms with Gasteiger partial charge in [-0.3, -0.25) is 0 Å². The second kappa shape index (κ2) is 8.96. The highest BCUT2D eigenvalue weighted by atomic mass is 35.5. The molecule has 0 amide bonds. The Kier molecular flexibility index (Phi) is 6.40. The molecule has 0 bridgehead atoms. The Morgan fingerprint density at radius 1 is 1.00 bits per heavy atom. The van der Waals surface area contributed by atoms with Gasteiger partial charge in [-0.05, 0) is 53.5 Å². The topological polar surface area (TPSA) is 50.1 Å². The van der Waals surface area contributed by atoms with Crippen molar-refractivity contribution >= 4 is 23.0 Å². The molecular formula is C24H26ClN3. The zero-order chi connectivity index (χ0) is 20.1. The first-order valence-corrected chi connectivity index (χ1v) is 9.67. The van der Waals surface area contributed by atoms with Gasteiger partial charge in [0.25, 0.3) is 0 Å². The van der Waals surface area contributed by atoms with Gasteiger partial charge in [0, 0.05) is 23.4 Å². The maximum Gasteiger partial charge on any atom is 0.0742 e. The van der Waals surface area contributed by atoms with Crippen molar-refractivity contribution in [2.24, 2.45) is 5.73 Å². The van der Waals surface area contributed by atoms with Gasteiger partial charge in [0.2, 0.25) is 0 Å². The van der Waals surface area contributed by atoms with Gasteiger partial charge in [-0.1, -0.05) is 66.7 Å². The fourth-order valence-electron chi connectivity index (χ4n) is 3.32. The van der Waals surface area contributed by atoms with Crippen molar-refractivity contribution < 1.29 is 0 Å². The van der Waals surface area contributed by atoms with E-state index in [4.69, 9.17) is 17.3 Å². The molecule has 0 saturated heterocycles. The predicted octanol–water partition coefficient (Wildman–Crippen LogP) is 6.10. The van der Waals surface area contributed by atoms with Gasteiger partial charge in [-0.25, -0.2) is 0 Å². The van der Waals surface area contributed by atoms with E-state index in [1.165, 1.54) is 5.56 Å². The summed E-state index contributed by atoms with van der Waals surface area (Å²) in [5, 5.41) is 7.48. The minimum Gasteiger partial charge on any atom is -0.388 e. The second-order valence-corrected chi connectivity index (χ2v) is 7.33. The molecule has 0 aliphatic heterocycles. The van der Waals surface area contributed by atoms with Crippen LogP contribution < -0.4 is 16.4 Å². The quantitative estimate of drug-likeness (QED) is 0.426. The minimum atomic E-state index is -0.333. The van der Waals surface area contributed by atoms with Gasteiger partial charge in [-0.15, -0.1) is 0 Å². The largest absolute Gasteiger partial charge is 0.388 e. The lowest BCUT2D eigenvalue weighted by molar-refractivity contribution is 0.750. The summed E-state index contributed by atoms with van der Waals surface area (Å²) in [5.74, 6) is 0. The van der Waals surface area contributed by atoms with Crippen LogP contribution in [0.1, 0.15) is 28.8 Å². The van der Waals surface area contributed by atoms with Crippen LogP contribution in [0.25, 0.3) is 0 Å². The van der Waals surface area contributed by atoms with E-state index in [0.717, 1.165) is 28.1 Å². The molecule has 3 aromatic rings. The third-order valence-electron chi connectivity index (χ3n) is 4.85. The van der Waals surface area contributed by atoms with E-state index in [0.29, 0.717) is 5.02 Å². The van der Waals surface area contributed by atoms with E-state index in [-0.39, 0.29) is 12.1 Å². The molecule has 144 valence electrons. The predicted molar refractivity (Wildman–Crippen MR) is 121 cm³/mol. The number of nitrogens with one attached hydrogen (secondary N) is 2. The molecule has 0 heterocycles. The van der Waals surface area contributed by atoms with Crippen molar-refractivity contribution in [2.45, 2.75) is 19.0 Å². The molecule has 0 aromatic heterocycles. The number of hydrogen-bond donors (Lipinski definition) is 3. The maximum atomic E-state index is 6.68.